The van der Waals surface area contributed by atoms with E-state index in [9.17, 15) is 9.59 Å². The van der Waals surface area contributed by atoms with Crippen LogP contribution in [0.1, 0.15) is 49.4 Å². The van der Waals surface area contributed by atoms with Gasteiger partial charge < -0.3 is 10.2 Å². The van der Waals surface area contributed by atoms with Crippen LogP contribution >= 0.6 is 0 Å². The van der Waals surface area contributed by atoms with Gasteiger partial charge in [0.2, 0.25) is 11.8 Å². The molecule has 3 heterocycles. The fourth-order valence-electron chi connectivity index (χ4n) is 4.88. The molecule has 33 heavy (non-hydrogen) atoms. The predicted octanol–water partition coefficient (Wildman–Crippen LogP) is 4.04. The molecule has 1 saturated carbocycles. The monoisotopic (exact) mass is 443 g/mol. The fraction of sp³-hybridized carbons (Fsp3) is 0.385. The number of pyridine rings is 1. The molecular formula is C26H29N5O2. The SMILES string of the molecule is Cc1ccc(N2CC(C(=O)NCc3cc(-c4ccncc4)n(C4CCCC4)n3)CC2=O)cc1. The number of hydrogen-bond acceptors (Lipinski definition) is 4. The van der Waals surface area contributed by atoms with Crippen LogP contribution in [-0.2, 0) is 16.1 Å². The van der Waals surface area contributed by atoms with Crippen molar-refractivity contribution in [3.63, 3.8) is 0 Å². The molecule has 2 aromatic heterocycles. The maximum absolute atomic E-state index is 12.9. The minimum atomic E-state index is -0.351. The Hall–Kier alpha value is -3.48. The van der Waals surface area contributed by atoms with Crippen LogP contribution in [0.25, 0.3) is 11.3 Å². The lowest BCUT2D eigenvalue weighted by Gasteiger charge is -2.17. The van der Waals surface area contributed by atoms with Crippen LogP contribution < -0.4 is 10.2 Å². The van der Waals surface area contributed by atoms with Gasteiger partial charge in [0, 0.05) is 36.6 Å². The molecule has 1 aromatic carbocycles. The summed E-state index contributed by atoms with van der Waals surface area (Å²) in [6.07, 6.45) is 8.52. The van der Waals surface area contributed by atoms with Crippen molar-refractivity contribution >= 4 is 17.5 Å². The first-order chi connectivity index (χ1) is 16.1. The molecular weight excluding hydrogens is 414 g/mol. The van der Waals surface area contributed by atoms with E-state index in [1.54, 1.807) is 17.3 Å². The van der Waals surface area contributed by atoms with Crippen molar-refractivity contribution in [1.82, 2.24) is 20.1 Å². The first-order valence-electron chi connectivity index (χ1n) is 11.7. The van der Waals surface area contributed by atoms with Crippen LogP contribution in [0.2, 0.25) is 0 Å². The summed E-state index contributed by atoms with van der Waals surface area (Å²) in [7, 11) is 0. The first kappa shape index (κ1) is 21.4. The summed E-state index contributed by atoms with van der Waals surface area (Å²) in [5.74, 6) is -0.460. The first-order valence-corrected chi connectivity index (χ1v) is 11.7. The molecule has 0 spiro atoms. The number of hydrogen-bond donors (Lipinski definition) is 1. The predicted molar refractivity (Wildman–Crippen MR) is 126 cm³/mol. The average Bonchev–Trinajstić information content (AvgIpc) is 3.58. The largest absolute Gasteiger partial charge is 0.350 e. The van der Waals surface area contributed by atoms with Crippen molar-refractivity contribution in [2.75, 3.05) is 11.4 Å². The summed E-state index contributed by atoms with van der Waals surface area (Å²) < 4.78 is 2.13. The highest BCUT2D eigenvalue weighted by Gasteiger charge is 2.35. The molecule has 1 atom stereocenters. The number of amides is 2. The molecule has 1 unspecified atom stereocenters. The van der Waals surface area contributed by atoms with Crippen molar-refractivity contribution in [1.29, 1.82) is 0 Å². The molecule has 3 aromatic rings. The Morgan fingerprint density at radius 1 is 1.09 bits per heavy atom. The standard InChI is InChI=1S/C26H29N5O2/c1-18-6-8-22(9-7-18)30-17-20(14-25(30)32)26(33)28-16-21-15-24(19-10-12-27-13-11-19)31(29-21)23-4-2-3-5-23/h6-13,15,20,23H,2-5,14,16-17H2,1H3,(H,28,33). The van der Waals surface area contributed by atoms with Gasteiger partial charge in [0.05, 0.1) is 29.9 Å². The lowest BCUT2D eigenvalue weighted by molar-refractivity contribution is -0.126. The zero-order chi connectivity index (χ0) is 22.8. The van der Waals surface area contributed by atoms with Crippen molar-refractivity contribution in [2.24, 2.45) is 5.92 Å². The summed E-state index contributed by atoms with van der Waals surface area (Å²) in [6.45, 7) is 2.78. The summed E-state index contributed by atoms with van der Waals surface area (Å²) in [4.78, 5) is 31.2. The minimum absolute atomic E-state index is 0.00973. The second-order valence-electron chi connectivity index (χ2n) is 9.10. The number of carbonyl (C=O) groups excluding carboxylic acids is 2. The van der Waals surface area contributed by atoms with E-state index < -0.39 is 0 Å². The molecule has 5 rings (SSSR count). The smallest absolute Gasteiger partial charge is 0.227 e. The number of aromatic nitrogens is 3. The summed E-state index contributed by atoms with van der Waals surface area (Å²) in [5, 5.41) is 7.88. The number of anilines is 1. The third-order valence-corrected chi connectivity index (χ3v) is 6.72. The van der Waals surface area contributed by atoms with E-state index in [0.29, 0.717) is 19.1 Å². The van der Waals surface area contributed by atoms with Crippen molar-refractivity contribution < 1.29 is 9.59 Å². The van der Waals surface area contributed by atoms with E-state index in [4.69, 9.17) is 5.10 Å². The summed E-state index contributed by atoms with van der Waals surface area (Å²) in [5.41, 5.74) is 4.97. The second-order valence-corrected chi connectivity index (χ2v) is 9.10. The summed E-state index contributed by atoms with van der Waals surface area (Å²) in [6, 6.07) is 14.3. The number of nitrogens with zero attached hydrogens (tertiary/aromatic N) is 4. The number of rotatable bonds is 6. The zero-order valence-electron chi connectivity index (χ0n) is 18.9. The van der Waals surface area contributed by atoms with Gasteiger partial charge in [-0.1, -0.05) is 30.5 Å². The quantitative estimate of drug-likeness (QED) is 0.624. The van der Waals surface area contributed by atoms with Crippen molar-refractivity contribution in [3.05, 3.63) is 66.1 Å². The van der Waals surface area contributed by atoms with E-state index in [2.05, 4.69) is 21.0 Å². The minimum Gasteiger partial charge on any atom is -0.350 e. The van der Waals surface area contributed by atoms with E-state index in [0.717, 1.165) is 41.0 Å². The van der Waals surface area contributed by atoms with Crippen LogP contribution in [-0.4, -0.2) is 33.1 Å². The number of carbonyl (C=O) groups is 2. The Morgan fingerprint density at radius 2 is 1.82 bits per heavy atom. The molecule has 7 nitrogen and oxygen atoms in total. The van der Waals surface area contributed by atoms with Crippen LogP contribution in [0, 0.1) is 12.8 Å². The van der Waals surface area contributed by atoms with Gasteiger partial charge in [-0.05, 0) is 50.1 Å². The second kappa shape index (κ2) is 9.17. The van der Waals surface area contributed by atoms with E-state index in [1.807, 2.05) is 43.3 Å². The molecule has 1 saturated heterocycles. The van der Waals surface area contributed by atoms with Gasteiger partial charge >= 0.3 is 0 Å². The topological polar surface area (TPSA) is 80.1 Å². The molecule has 1 aliphatic carbocycles. The van der Waals surface area contributed by atoms with Gasteiger partial charge in [-0.3, -0.25) is 19.3 Å². The van der Waals surface area contributed by atoms with Gasteiger partial charge in [-0.2, -0.15) is 5.10 Å². The van der Waals surface area contributed by atoms with Gasteiger partial charge in [0.15, 0.2) is 0 Å². The van der Waals surface area contributed by atoms with Crippen LogP contribution in [0.5, 0.6) is 0 Å². The van der Waals surface area contributed by atoms with Gasteiger partial charge in [-0.15, -0.1) is 0 Å². The molecule has 170 valence electrons. The third-order valence-electron chi connectivity index (χ3n) is 6.72. The van der Waals surface area contributed by atoms with E-state index in [1.165, 1.54) is 12.8 Å². The molecule has 1 aliphatic heterocycles. The Bertz CT molecular complexity index is 1130. The van der Waals surface area contributed by atoms with Crippen molar-refractivity contribution in [2.45, 2.75) is 51.6 Å². The van der Waals surface area contributed by atoms with Gasteiger partial charge in [0.1, 0.15) is 0 Å². The third kappa shape index (κ3) is 4.53. The number of aryl methyl sites for hydroxylation is 1. The van der Waals surface area contributed by atoms with Crippen LogP contribution in [0.3, 0.4) is 0 Å². The molecule has 7 heteroatoms. The Morgan fingerprint density at radius 3 is 2.55 bits per heavy atom. The van der Waals surface area contributed by atoms with Gasteiger partial charge in [-0.25, -0.2) is 0 Å². The Kier molecular flexibility index (Phi) is 5.94. The van der Waals surface area contributed by atoms with E-state index >= 15 is 0 Å². The fourth-order valence-corrected chi connectivity index (χ4v) is 4.88. The van der Waals surface area contributed by atoms with Crippen molar-refractivity contribution in [3.8, 4) is 11.3 Å². The van der Waals surface area contributed by atoms with E-state index in [-0.39, 0.29) is 24.2 Å². The Labute approximate surface area is 193 Å². The molecule has 2 aliphatic rings. The highest BCUT2D eigenvalue weighted by Crippen LogP contribution is 2.33. The van der Waals surface area contributed by atoms with Crippen LogP contribution in [0.15, 0.2) is 54.9 Å². The summed E-state index contributed by atoms with van der Waals surface area (Å²) >= 11 is 0. The lowest BCUT2D eigenvalue weighted by atomic mass is 10.1. The molecule has 1 N–H and O–H groups in total. The maximum atomic E-state index is 12.9. The molecule has 2 fully saturated rings. The highest BCUT2D eigenvalue weighted by molar-refractivity contribution is 6.00. The molecule has 0 bridgehead atoms. The van der Waals surface area contributed by atoms with Crippen LogP contribution in [0.4, 0.5) is 5.69 Å². The lowest BCUT2D eigenvalue weighted by Crippen LogP contribution is -2.32. The number of nitrogens with one attached hydrogen (secondary N) is 1. The average molecular weight is 444 g/mol. The molecule has 0 radical (unpaired) electrons. The maximum Gasteiger partial charge on any atom is 0.227 e. The van der Waals surface area contributed by atoms with Gasteiger partial charge in [0.25, 0.3) is 0 Å². The zero-order valence-corrected chi connectivity index (χ0v) is 18.9. The normalized spacial score (nSPS) is 18.8. The molecule has 2 amide bonds. The highest BCUT2D eigenvalue weighted by atomic mass is 16.2. The number of benzene rings is 1. The Balaban J connectivity index is 1.27.